The smallest absolute Gasteiger partial charge is 0.407 e. The Balaban J connectivity index is 3.46. The molecular formula is C14H28N2O3S2. The third-order valence-electron chi connectivity index (χ3n) is 2.20. The molecule has 0 spiro atoms. The van der Waals surface area contributed by atoms with Gasteiger partial charge in [-0.3, -0.25) is 0 Å². The first-order valence-corrected chi connectivity index (χ1v) is 9.32. The van der Waals surface area contributed by atoms with Crippen LogP contribution in [0.5, 0.6) is 0 Å². The minimum atomic E-state index is -0.443. The maximum absolute atomic E-state index is 11.1. The Morgan fingerprint density at radius 2 is 2.10 bits per heavy atom. The van der Waals surface area contributed by atoms with E-state index in [0.717, 1.165) is 6.54 Å². The maximum atomic E-state index is 11.1. The van der Waals surface area contributed by atoms with E-state index in [2.05, 4.69) is 44.9 Å². The standard InChI is InChI=1S/C14H28N2O3S2/c1-6-7-15-13(17)19-9-8-18-11-20-21-14(4,5)10-16-12(2)3/h6,12,16H,1,7-11H2,2-5H3,(H,15,17). The lowest BCUT2D eigenvalue weighted by Gasteiger charge is -2.24. The molecule has 0 rings (SSSR count). The molecule has 0 saturated carbocycles. The van der Waals surface area contributed by atoms with E-state index in [-0.39, 0.29) is 11.4 Å². The lowest BCUT2D eigenvalue weighted by Crippen LogP contribution is -2.35. The van der Waals surface area contributed by atoms with Crippen molar-refractivity contribution in [2.24, 2.45) is 0 Å². The van der Waals surface area contributed by atoms with Gasteiger partial charge in [-0.2, -0.15) is 0 Å². The van der Waals surface area contributed by atoms with E-state index < -0.39 is 6.09 Å². The second-order valence-corrected chi connectivity index (χ2v) is 8.28. The van der Waals surface area contributed by atoms with Crippen molar-refractivity contribution in [2.45, 2.75) is 38.5 Å². The number of carbonyl (C=O) groups excluding carboxylic acids is 1. The van der Waals surface area contributed by atoms with Gasteiger partial charge in [-0.05, 0) is 13.8 Å². The summed E-state index contributed by atoms with van der Waals surface area (Å²) in [7, 11) is 3.46. The number of hydrogen-bond acceptors (Lipinski definition) is 6. The summed E-state index contributed by atoms with van der Waals surface area (Å²) in [5.41, 5.74) is 0. The van der Waals surface area contributed by atoms with Gasteiger partial charge >= 0.3 is 6.09 Å². The van der Waals surface area contributed by atoms with Gasteiger partial charge in [-0.15, -0.1) is 6.58 Å². The van der Waals surface area contributed by atoms with Crippen LogP contribution >= 0.6 is 21.6 Å². The first kappa shape index (κ1) is 20.6. The van der Waals surface area contributed by atoms with E-state index in [1.165, 1.54) is 0 Å². The average molecular weight is 337 g/mol. The van der Waals surface area contributed by atoms with E-state index in [1.807, 2.05) is 0 Å². The predicted octanol–water partition coefficient (Wildman–Crippen LogP) is 3.03. The van der Waals surface area contributed by atoms with Gasteiger partial charge in [-0.25, -0.2) is 4.79 Å². The molecule has 1 amide bonds. The summed E-state index contributed by atoms with van der Waals surface area (Å²) < 4.78 is 10.5. The van der Waals surface area contributed by atoms with Crippen LogP contribution in [-0.4, -0.2) is 49.1 Å². The largest absolute Gasteiger partial charge is 0.447 e. The lowest BCUT2D eigenvalue weighted by molar-refractivity contribution is 0.0940. The van der Waals surface area contributed by atoms with Crippen LogP contribution in [0.2, 0.25) is 0 Å². The van der Waals surface area contributed by atoms with Crippen LogP contribution in [0.1, 0.15) is 27.7 Å². The fourth-order valence-electron chi connectivity index (χ4n) is 1.16. The van der Waals surface area contributed by atoms with E-state index in [0.29, 0.717) is 25.1 Å². The summed E-state index contributed by atoms with van der Waals surface area (Å²) in [5, 5.41) is 5.96. The average Bonchev–Trinajstić information content (AvgIpc) is 2.42. The molecule has 0 fully saturated rings. The molecule has 5 nitrogen and oxygen atoms in total. The molecule has 0 heterocycles. The summed E-state index contributed by atoms with van der Waals surface area (Å²) in [6.45, 7) is 14.2. The van der Waals surface area contributed by atoms with Crippen LogP contribution in [0.4, 0.5) is 4.79 Å². The van der Waals surface area contributed by atoms with Crippen LogP contribution in [0.15, 0.2) is 12.7 Å². The van der Waals surface area contributed by atoms with Crippen LogP contribution in [0.25, 0.3) is 0 Å². The second kappa shape index (κ2) is 12.2. The second-order valence-electron chi connectivity index (χ2n) is 5.33. The molecule has 0 bridgehead atoms. The Bertz CT molecular complexity index is 300. The van der Waals surface area contributed by atoms with Gasteiger partial charge in [0.25, 0.3) is 0 Å². The van der Waals surface area contributed by atoms with Gasteiger partial charge in [0.05, 0.1) is 6.61 Å². The summed E-state index contributed by atoms with van der Waals surface area (Å²) in [4.78, 5) is 11.1. The van der Waals surface area contributed by atoms with Gasteiger partial charge in [0.1, 0.15) is 12.5 Å². The first-order chi connectivity index (χ1) is 9.87. The Morgan fingerprint density at radius 3 is 2.71 bits per heavy atom. The zero-order valence-electron chi connectivity index (χ0n) is 13.4. The number of hydrogen-bond donors (Lipinski definition) is 2. The third-order valence-corrected chi connectivity index (χ3v) is 5.18. The SMILES string of the molecule is C=CCNC(=O)OCCOCSSC(C)(C)CNC(C)C. The summed E-state index contributed by atoms with van der Waals surface area (Å²) >= 11 is 0. The monoisotopic (exact) mass is 336 g/mol. The molecular weight excluding hydrogens is 308 g/mol. The Morgan fingerprint density at radius 1 is 1.38 bits per heavy atom. The van der Waals surface area contributed by atoms with E-state index in [4.69, 9.17) is 9.47 Å². The lowest BCUT2D eigenvalue weighted by atomic mass is 10.2. The number of carbonyl (C=O) groups is 1. The Labute approximate surface area is 136 Å². The minimum Gasteiger partial charge on any atom is -0.447 e. The van der Waals surface area contributed by atoms with Crippen molar-refractivity contribution in [1.29, 1.82) is 0 Å². The highest BCUT2D eigenvalue weighted by molar-refractivity contribution is 8.77. The van der Waals surface area contributed by atoms with Gasteiger partial charge in [-0.1, -0.05) is 41.5 Å². The highest BCUT2D eigenvalue weighted by Gasteiger charge is 2.18. The molecule has 0 radical (unpaired) electrons. The van der Waals surface area contributed by atoms with Crippen LogP contribution in [0, 0.1) is 0 Å². The molecule has 0 aromatic heterocycles. The normalized spacial score (nSPS) is 11.5. The number of ether oxygens (including phenoxy) is 2. The molecule has 0 aliphatic carbocycles. The molecule has 0 atom stereocenters. The van der Waals surface area contributed by atoms with Crippen molar-refractivity contribution in [3.63, 3.8) is 0 Å². The number of nitrogens with one attached hydrogen (secondary N) is 2. The number of alkyl carbamates (subject to hydrolysis) is 1. The summed E-state index contributed by atoms with van der Waals surface area (Å²) in [6, 6.07) is 0.496. The molecule has 0 aromatic carbocycles. The van der Waals surface area contributed by atoms with Gasteiger partial charge in [0, 0.05) is 23.9 Å². The minimum absolute atomic E-state index is 0.152. The highest BCUT2D eigenvalue weighted by atomic mass is 33.1. The molecule has 2 N–H and O–H groups in total. The molecule has 0 aliphatic rings. The number of amides is 1. The van der Waals surface area contributed by atoms with Gasteiger partial charge in [0.2, 0.25) is 0 Å². The van der Waals surface area contributed by atoms with Crippen LogP contribution in [-0.2, 0) is 9.47 Å². The van der Waals surface area contributed by atoms with Crippen LogP contribution < -0.4 is 10.6 Å². The summed E-state index contributed by atoms with van der Waals surface area (Å²) in [5.74, 6) is 0.577. The zero-order chi connectivity index (χ0) is 16.1. The third kappa shape index (κ3) is 14.3. The van der Waals surface area contributed by atoms with Crippen molar-refractivity contribution in [3.05, 3.63) is 12.7 Å². The van der Waals surface area contributed by atoms with Gasteiger partial charge < -0.3 is 20.1 Å². The summed E-state index contributed by atoms with van der Waals surface area (Å²) in [6.07, 6.45) is 1.16. The van der Waals surface area contributed by atoms with E-state index in [9.17, 15) is 4.79 Å². The first-order valence-electron chi connectivity index (χ1n) is 7.00. The molecule has 0 unspecified atom stereocenters. The molecule has 124 valence electrons. The predicted molar refractivity (Wildman–Crippen MR) is 92.8 cm³/mol. The van der Waals surface area contributed by atoms with Crippen molar-refractivity contribution in [3.8, 4) is 0 Å². The zero-order valence-corrected chi connectivity index (χ0v) is 15.1. The maximum Gasteiger partial charge on any atom is 0.407 e. The number of rotatable bonds is 12. The van der Waals surface area contributed by atoms with E-state index >= 15 is 0 Å². The van der Waals surface area contributed by atoms with Crippen molar-refractivity contribution < 1.29 is 14.3 Å². The molecule has 21 heavy (non-hydrogen) atoms. The Kier molecular flexibility index (Phi) is 12.0. The molecule has 0 saturated heterocycles. The van der Waals surface area contributed by atoms with Crippen molar-refractivity contribution in [1.82, 2.24) is 10.6 Å². The molecule has 0 aliphatic heterocycles. The van der Waals surface area contributed by atoms with Crippen LogP contribution in [0.3, 0.4) is 0 Å². The molecule has 0 aromatic rings. The highest BCUT2D eigenvalue weighted by Crippen LogP contribution is 2.35. The quantitative estimate of drug-likeness (QED) is 0.247. The van der Waals surface area contributed by atoms with Crippen molar-refractivity contribution in [2.75, 3.05) is 32.2 Å². The Hall–Kier alpha value is -0.370. The van der Waals surface area contributed by atoms with Gasteiger partial charge in [0.15, 0.2) is 0 Å². The topological polar surface area (TPSA) is 59.6 Å². The molecule has 7 heteroatoms. The fraction of sp³-hybridized carbons (Fsp3) is 0.786. The van der Waals surface area contributed by atoms with E-state index in [1.54, 1.807) is 27.7 Å². The van der Waals surface area contributed by atoms with Crippen molar-refractivity contribution >= 4 is 27.7 Å². The fourth-order valence-corrected chi connectivity index (χ4v) is 3.33.